The third-order valence-corrected chi connectivity index (χ3v) is 8.23. The maximum Gasteiger partial charge on any atom is 0.244 e. The molecule has 0 aromatic heterocycles. The van der Waals surface area contributed by atoms with Gasteiger partial charge in [0.15, 0.2) is 0 Å². The molecule has 0 saturated heterocycles. The van der Waals surface area contributed by atoms with Crippen molar-refractivity contribution in [3.63, 3.8) is 0 Å². The molecule has 0 spiro atoms. The number of hydrogen-bond donors (Lipinski definition) is 1. The number of nitrogens with one attached hydrogen (secondary N) is 1. The van der Waals surface area contributed by atoms with E-state index in [9.17, 15) is 18.0 Å². The topological polar surface area (TPSA) is 86.8 Å². The predicted molar refractivity (Wildman–Crippen MR) is 165 cm³/mol. The van der Waals surface area contributed by atoms with Gasteiger partial charge in [-0.2, -0.15) is 0 Å². The van der Waals surface area contributed by atoms with Crippen molar-refractivity contribution in [2.24, 2.45) is 5.92 Å². The lowest BCUT2D eigenvalue weighted by molar-refractivity contribution is -0.140. The van der Waals surface area contributed by atoms with E-state index in [0.717, 1.165) is 26.2 Å². The van der Waals surface area contributed by atoms with E-state index in [0.29, 0.717) is 6.54 Å². The van der Waals surface area contributed by atoms with Crippen molar-refractivity contribution in [2.45, 2.75) is 32.9 Å². The molecule has 1 N–H and O–H groups in total. The Bertz CT molecular complexity index is 1440. The Labute approximate surface area is 254 Å². The summed E-state index contributed by atoms with van der Waals surface area (Å²) >= 11 is 15.9. The first kappa shape index (κ1) is 31.9. The molecule has 0 fully saturated rings. The van der Waals surface area contributed by atoms with E-state index in [1.54, 1.807) is 0 Å². The third kappa shape index (κ3) is 9.23. The number of halogens is 3. The summed E-state index contributed by atoms with van der Waals surface area (Å²) in [6.07, 6.45) is 1.23. The average Bonchev–Trinajstić information content (AvgIpc) is 2.89. The molecule has 2 amide bonds. The van der Waals surface area contributed by atoms with Crippen molar-refractivity contribution < 1.29 is 18.0 Å². The van der Waals surface area contributed by atoms with Gasteiger partial charge in [-0.3, -0.25) is 13.9 Å². The van der Waals surface area contributed by atoms with Gasteiger partial charge < -0.3 is 10.2 Å². The van der Waals surface area contributed by atoms with Crippen LogP contribution >= 0.6 is 39.1 Å². The first-order valence-corrected chi connectivity index (χ1v) is 16.0. The lowest BCUT2D eigenvalue weighted by Crippen LogP contribution is -2.53. The molecule has 3 aromatic rings. The molecule has 0 radical (unpaired) electrons. The molecule has 0 aliphatic carbocycles. The lowest BCUT2D eigenvalue weighted by Gasteiger charge is -2.34. The second-order valence-electron chi connectivity index (χ2n) is 9.86. The molecule has 0 aliphatic rings. The minimum absolute atomic E-state index is 0.0752. The monoisotopic (exact) mass is 667 g/mol. The Hall–Kier alpha value is -2.59. The fourth-order valence-corrected chi connectivity index (χ4v) is 5.82. The van der Waals surface area contributed by atoms with Gasteiger partial charge in [-0.1, -0.05) is 95.4 Å². The maximum atomic E-state index is 14.1. The van der Waals surface area contributed by atoms with Crippen LogP contribution in [0.25, 0.3) is 0 Å². The zero-order valence-corrected chi connectivity index (χ0v) is 26.4. The largest absolute Gasteiger partial charge is 0.354 e. The van der Waals surface area contributed by atoms with Gasteiger partial charge >= 0.3 is 0 Å². The fraction of sp³-hybridized carbons (Fsp3) is 0.310. The molecule has 3 aromatic carbocycles. The van der Waals surface area contributed by atoms with Gasteiger partial charge in [0.05, 0.1) is 17.0 Å². The number of anilines is 1. The highest BCUT2D eigenvalue weighted by atomic mass is 79.9. The molecule has 0 heterocycles. The summed E-state index contributed by atoms with van der Waals surface area (Å²) < 4.78 is 27.5. The first-order valence-electron chi connectivity index (χ1n) is 12.6. The summed E-state index contributed by atoms with van der Waals surface area (Å²) in [5.41, 5.74) is 1.71. The zero-order chi connectivity index (χ0) is 29.4. The second-order valence-corrected chi connectivity index (χ2v) is 13.5. The minimum atomic E-state index is -3.96. The van der Waals surface area contributed by atoms with Crippen LogP contribution in [-0.2, 0) is 32.6 Å². The Morgan fingerprint density at radius 3 is 2.25 bits per heavy atom. The van der Waals surface area contributed by atoms with Crippen LogP contribution in [0.4, 0.5) is 5.69 Å². The Kier molecular flexibility index (Phi) is 11.5. The van der Waals surface area contributed by atoms with Crippen molar-refractivity contribution >= 4 is 66.7 Å². The number of sulfonamides is 1. The van der Waals surface area contributed by atoms with Crippen LogP contribution in [-0.4, -0.2) is 50.5 Å². The number of carbonyl (C=O) groups excluding carboxylic acids is 2. The number of nitrogens with zero attached hydrogens (tertiary/aromatic N) is 2. The normalized spacial score (nSPS) is 12.2. The van der Waals surface area contributed by atoms with Gasteiger partial charge in [-0.15, -0.1) is 0 Å². The molecule has 0 aliphatic heterocycles. The highest BCUT2D eigenvalue weighted by Crippen LogP contribution is 2.31. The molecule has 1 atom stereocenters. The number of benzene rings is 3. The molecule has 0 saturated carbocycles. The van der Waals surface area contributed by atoms with E-state index >= 15 is 0 Å². The summed E-state index contributed by atoms with van der Waals surface area (Å²) in [7, 11) is -3.96. The Morgan fingerprint density at radius 2 is 1.62 bits per heavy atom. The number of carbonyl (C=O) groups is 2. The number of rotatable bonds is 12. The van der Waals surface area contributed by atoms with Gasteiger partial charge in [0.2, 0.25) is 21.8 Å². The quantitative estimate of drug-likeness (QED) is 0.259. The van der Waals surface area contributed by atoms with Gasteiger partial charge in [-0.25, -0.2) is 8.42 Å². The summed E-state index contributed by atoms with van der Waals surface area (Å²) in [6, 6.07) is 20.3. The van der Waals surface area contributed by atoms with Gasteiger partial charge in [0, 0.05) is 29.0 Å². The average molecular weight is 669 g/mol. The van der Waals surface area contributed by atoms with Crippen LogP contribution < -0.4 is 9.62 Å². The van der Waals surface area contributed by atoms with Gasteiger partial charge in [0.1, 0.15) is 12.6 Å². The lowest BCUT2D eigenvalue weighted by atomic mass is 10.0. The maximum absolute atomic E-state index is 14.1. The number of amides is 2. The predicted octanol–water partition coefficient (Wildman–Crippen LogP) is 5.93. The van der Waals surface area contributed by atoms with Gasteiger partial charge in [-0.05, 0) is 47.4 Å². The van der Waals surface area contributed by atoms with Crippen LogP contribution in [0.5, 0.6) is 0 Å². The van der Waals surface area contributed by atoms with Crippen LogP contribution in [0.2, 0.25) is 10.0 Å². The van der Waals surface area contributed by atoms with Crippen LogP contribution in [0.3, 0.4) is 0 Å². The summed E-state index contributed by atoms with van der Waals surface area (Å²) in [6.45, 7) is 3.89. The van der Waals surface area contributed by atoms with Crippen molar-refractivity contribution in [1.82, 2.24) is 10.2 Å². The first-order chi connectivity index (χ1) is 18.8. The highest BCUT2D eigenvalue weighted by molar-refractivity contribution is 9.10. The zero-order valence-electron chi connectivity index (χ0n) is 22.5. The molecule has 7 nitrogen and oxygen atoms in total. The van der Waals surface area contributed by atoms with Crippen molar-refractivity contribution in [2.75, 3.05) is 23.7 Å². The summed E-state index contributed by atoms with van der Waals surface area (Å²) in [5, 5.41) is 3.34. The van der Waals surface area contributed by atoms with Gasteiger partial charge in [0.25, 0.3) is 0 Å². The summed E-state index contributed by atoms with van der Waals surface area (Å²) in [5.74, 6) is -0.698. The second kappa shape index (κ2) is 14.3. The van der Waals surface area contributed by atoms with E-state index < -0.39 is 28.5 Å². The highest BCUT2D eigenvalue weighted by Gasteiger charge is 2.33. The molecule has 3 rings (SSSR count). The Morgan fingerprint density at radius 1 is 0.950 bits per heavy atom. The smallest absolute Gasteiger partial charge is 0.244 e. The van der Waals surface area contributed by atoms with E-state index in [1.807, 2.05) is 68.4 Å². The van der Waals surface area contributed by atoms with Crippen molar-refractivity contribution in [3.8, 4) is 0 Å². The van der Waals surface area contributed by atoms with Crippen molar-refractivity contribution in [3.05, 3.63) is 98.4 Å². The van der Waals surface area contributed by atoms with Crippen LogP contribution in [0, 0.1) is 5.92 Å². The Balaban J connectivity index is 2.07. The molecule has 11 heteroatoms. The molecule has 0 bridgehead atoms. The molecule has 40 heavy (non-hydrogen) atoms. The van der Waals surface area contributed by atoms with E-state index in [-0.39, 0.29) is 40.5 Å². The summed E-state index contributed by atoms with van der Waals surface area (Å²) in [4.78, 5) is 29.1. The van der Waals surface area contributed by atoms with Crippen LogP contribution in [0.15, 0.2) is 77.3 Å². The van der Waals surface area contributed by atoms with E-state index in [2.05, 4.69) is 21.2 Å². The van der Waals surface area contributed by atoms with Crippen molar-refractivity contribution in [1.29, 1.82) is 0 Å². The molecule has 0 unspecified atom stereocenters. The molecular weight excluding hydrogens is 637 g/mol. The molecular formula is C29H32BrCl2N3O4S. The SMILES string of the molecule is CC(C)CNC(=O)[C@@H](Cc1ccccc1)N(Cc1cccc(Br)c1)C(=O)CN(c1cc(Cl)ccc1Cl)S(C)(=O)=O. The standard InChI is InChI=1S/C29H32BrCl2N3O4S/c1-20(2)17-33-29(37)27(15-21-8-5-4-6-9-21)34(18-22-10-7-11-23(30)14-22)28(36)19-35(40(3,38)39)26-16-24(31)12-13-25(26)32/h4-14,16,20,27H,15,17-19H2,1-3H3,(H,33,37)/t27-/m1/s1. The molecule has 214 valence electrons. The minimum Gasteiger partial charge on any atom is -0.354 e. The third-order valence-electron chi connectivity index (χ3n) is 6.05. The number of hydrogen-bond acceptors (Lipinski definition) is 4. The fourth-order valence-electron chi connectivity index (χ4n) is 4.08. The van der Waals surface area contributed by atoms with Crippen LogP contribution in [0.1, 0.15) is 25.0 Å². The van der Waals surface area contributed by atoms with E-state index in [1.165, 1.54) is 23.1 Å². The van der Waals surface area contributed by atoms with E-state index in [4.69, 9.17) is 23.2 Å².